The van der Waals surface area contributed by atoms with Crippen LogP contribution in [0.3, 0.4) is 0 Å². The Labute approximate surface area is 128 Å². The lowest BCUT2D eigenvalue weighted by atomic mass is 10.0. The lowest BCUT2D eigenvalue weighted by Gasteiger charge is -2.11. The Kier molecular flexibility index (Phi) is 3.65. The monoisotopic (exact) mass is 295 g/mol. The van der Waals surface area contributed by atoms with E-state index in [0.717, 1.165) is 23.2 Å². The van der Waals surface area contributed by atoms with Crippen LogP contribution < -0.4 is 10.0 Å². The van der Waals surface area contributed by atoms with Crippen LogP contribution in [0.2, 0.25) is 0 Å². The molecular weight excluding hydrogens is 278 g/mol. The van der Waals surface area contributed by atoms with Crippen LogP contribution in [0.4, 0.5) is 0 Å². The van der Waals surface area contributed by atoms with Crippen molar-refractivity contribution in [2.45, 2.75) is 6.54 Å². The molecule has 2 N–H and O–H groups in total. The molecule has 0 saturated heterocycles. The van der Waals surface area contributed by atoms with E-state index in [9.17, 15) is 9.90 Å². The zero-order valence-corrected chi connectivity index (χ0v) is 12.5. The molecule has 3 rings (SSSR count). The highest BCUT2D eigenvalue weighted by atomic mass is 16.4. The Morgan fingerprint density at radius 2 is 2.00 bits per heavy atom. The van der Waals surface area contributed by atoms with Gasteiger partial charge in [0.1, 0.15) is 12.2 Å². The van der Waals surface area contributed by atoms with Crippen LogP contribution >= 0.6 is 0 Å². The Bertz CT molecular complexity index is 837. The van der Waals surface area contributed by atoms with Gasteiger partial charge in [-0.15, -0.1) is 0 Å². The fourth-order valence-electron chi connectivity index (χ4n) is 2.64. The summed E-state index contributed by atoms with van der Waals surface area (Å²) in [6, 6.07) is 13.0. The van der Waals surface area contributed by atoms with Crippen molar-refractivity contribution in [3.05, 3.63) is 53.6 Å². The number of benzene rings is 2. The average Bonchev–Trinajstić information content (AvgIpc) is 2.90. The third-order valence-corrected chi connectivity index (χ3v) is 3.62. The van der Waals surface area contributed by atoms with Gasteiger partial charge in [-0.1, -0.05) is 30.3 Å². The van der Waals surface area contributed by atoms with Crippen LogP contribution in [0.5, 0.6) is 0 Å². The Hall–Kier alpha value is -2.66. The van der Waals surface area contributed by atoms with E-state index in [-0.39, 0.29) is 5.56 Å². The third kappa shape index (κ3) is 2.58. The summed E-state index contributed by atoms with van der Waals surface area (Å²) >= 11 is 0. The highest BCUT2D eigenvalue weighted by Crippen LogP contribution is 2.29. The van der Waals surface area contributed by atoms with Gasteiger partial charge < -0.3 is 14.8 Å². The molecule has 0 unspecified atom stereocenters. The number of hydrogen-bond acceptors (Lipinski definition) is 3. The third-order valence-electron chi connectivity index (χ3n) is 3.62. The van der Waals surface area contributed by atoms with Gasteiger partial charge in [0.25, 0.3) is 0 Å². The number of carboxylic acid groups (broad SMARTS) is 1. The minimum absolute atomic E-state index is 0.147. The first-order chi connectivity index (χ1) is 10.6. The first-order valence-corrected chi connectivity index (χ1v) is 7.13. The number of nitrogens with zero attached hydrogens (tertiary/aromatic N) is 1. The predicted octanol–water partition coefficient (Wildman–Crippen LogP) is 0.238. The standard InChI is InChI=1S/C17H17N3O2/c1-20(2)10-12-5-3-4-6-13(12)16-14-8-7-11(17(21)22)9-15(14)18-19-16/h3-9H,10H2,1-2H3,(H,18,19)(H,21,22). The molecule has 22 heavy (non-hydrogen) atoms. The molecule has 0 bridgehead atoms. The number of fused-ring (bicyclic) bond motifs is 1. The van der Waals surface area contributed by atoms with Gasteiger partial charge in [-0.2, -0.15) is 5.10 Å². The van der Waals surface area contributed by atoms with Crippen molar-refractivity contribution in [1.29, 1.82) is 0 Å². The number of aromatic amines is 1. The summed E-state index contributed by atoms with van der Waals surface area (Å²) in [7, 11) is 4.21. The van der Waals surface area contributed by atoms with E-state index in [4.69, 9.17) is 0 Å². The molecule has 0 amide bonds. The number of rotatable bonds is 4. The van der Waals surface area contributed by atoms with E-state index in [1.54, 1.807) is 18.2 Å². The number of quaternary nitrogens is 1. The largest absolute Gasteiger partial charge is 0.545 e. The van der Waals surface area contributed by atoms with E-state index >= 15 is 0 Å². The van der Waals surface area contributed by atoms with Crippen molar-refractivity contribution in [3.8, 4) is 11.3 Å². The number of aromatic carboxylic acids is 1. The van der Waals surface area contributed by atoms with Crippen molar-refractivity contribution in [2.24, 2.45) is 0 Å². The summed E-state index contributed by atoms with van der Waals surface area (Å²) in [6.07, 6.45) is 0. The highest BCUT2D eigenvalue weighted by molar-refractivity contribution is 5.98. The van der Waals surface area contributed by atoms with Gasteiger partial charge in [0.2, 0.25) is 0 Å². The van der Waals surface area contributed by atoms with Gasteiger partial charge in [-0.3, -0.25) is 5.10 Å². The normalized spacial score (nSPS) is 11.2. The molecule has 0 aliphatic carbocycles. The maximum absolute atomic E-state index is 10.9. The molecule has 0 fully saturated rings. The molecule has 5 heteroatoms. The summed E-state index contributed by atoms with van der Waals surface area (Å²) < 4.78 is 0. The van der Waals surface area contributed by atoms with E-state index in [0.29, 0.717) is 5.52 Å². The summed E-state index contributed by atoms with van der Waals surface area (Å²) in [4.78, 5) is 12.3. The van der Waals surface area contributed by atoms with Crippen molar-refractivity contribution >= 4 is 16.9 Å². The molecule has 112 valence electrons. The summed E-state index contributed by atoms with van der Waals surface area (Å²) in [5, 5.41) is 19.2. The van der Waals surface area contributed by atoms with Crippen molar-refractivity contribution < 1.29 is 14.8 Å². The number of carbonyl (C=O) groups is 1. The first kappa shape index (κ1) is 14.3. The van der Waals surface area contributed by atoms with Crippen molar-refractivity contribution in [3.63, 3.8) is 0 Å². The zero-order chi connectivity index (χ0) is 15.7. The molecule has 0 saturated carbocycles. The molecule has 5 nitrogen and oxygen atoms in total. The second-order valence-corrected chi connectivity index (χ2v) is 5.66. The fourth-order valence-corrected chi connectivity index (χ4v) is 2.64. The van der Waals surface area contributed by atoms with E-state index < -0.39 is 5.97 Å². The van der Waals surface area contributed by atoms with Crippen LogP contribution in [0, 0.1) is 0 Å². The van der Waals surface area contributed by atoms with Crippen molar-refractivity contribution in [2.75, 3.05) is 14.1 Å². The van der Waals surface area contributed by atoms with Crippen LogP contribution in [0.25, 0.3) is 22.2 Å². The Morgan fingerprint density at radius 3 is 2.73 bits per heavy atom. The number of aromatic nitrogens is 2. The Balaban J connectivity index is 2.13. The lowest BCUT2D eigenvalue weighted by Crippen LogP contribution is -3.04. The average molecular weight is 295 g/mol. The summed E-state index contributed by atoms with van der Waals surface area (Å²) in [5.41, 5.74) is 3.96. The quantitative estimate of drug-likeness (QED) is 0.724. The number of carbonyl (C=O) groups excluding carboxylic acids is 1. The van der Waals surface area contributed by atoms with E-state index in [2.05, 4.69) is 30.4 Å². The second-order valence-electron chi connectivity index (χ2n) is 5.66. The van der Waals surface area contributed by atoms with E-state index in [1.165, 1.54) is 10.5 Å². The highest BCUT2D eigenvalue weighted by Gasteiger charge is 2.13. The summed E-state index contributed by atoms with van der Waals surface area (Å²) in [6.45, 7) is 0.891. The van der Waals surface area contributed by atoms with Crippen LogP contribution in [0.1, 0.15) is 15.9 Å². The zero-order valence-electron chi connectivity index (χ0n) is 12.5. The first-order valence-electron chi connectivity index (χ1n) is 7.13. The molecule has 0 radical (unpaired) electrons. The van der Waals surface area contributed by atoms with Crippen LogP contribution in [-0.4, -0.2) is 30.3 Å². The van der Waals surface area contributed by atoms with Gasteiger partial charge in [-0.05, 0) is 17.7 Å². The van der Waals surface area contributed by atoms with Gasteiger partial charge in [-0.25, -0.2) is 0 Å². The van der Waals surface area contributed by atoms with Crippen molar-refractivity contribution in [1.82, 2.24) is 10.2 Å². The van der Waals surface area contributed by atoms with Gasteiger partial charge in [0, 0.05) is 16.5 Å². The molecular formula is C17H17N3O2. The molecule has 3 aromatic rings. The minimum atomic E-state index is -1.19. The number of hydrogen-bond donors (Lipinski definition) is 2. The second kappa shape index (κ2) is 5.61. The lowest BCUT2D eigenvalue weighted by molar-refractivity contribution is -0.872. The molecule has 1 aromatic heterocycles. The Morgan fingerprint density at radius 1 is 1.23 bits per heavy atom. The fraction of sp³-hybridized carbons (Fsp3) is 0.176. The minimum Gasteiger partial charge on any atom is -0.545 e. The molecule has 0 aliphatic heterocycles. The maximum Gasteiger partial charge on any atom is 0.103 e. The predicted molar refractivity (Wildman–Crippen MR) is 82.4 cm³/mol. The molecule has 1 heterocycles. The SMILES string of the molecule is C[NH+](C)Cc1ccccc1-c1n[nH]c2cc(C(=O)[O-])ccc12. The maximum atomic E-state index is 10.9. The van der Waals surface area contributed by atoms with E-state index in [1.807, 2.05) is 18.2 Å². The van der Waals surface area contributed by atoms with Crippen LogP contribution in [-0.2, 0) is 6.54 Å². The molecule has 2 aromatic carbocycles. The van der Waals surface area contributed by atoms with Gasteiger partial charge in [0.15, 0.2) is 0 Å². The molecule has 0 spiro atoms. The molecule has 0 aliphatic rings. The number of nitrogens with one attached hydrogen (secondary N) is 2. The summed E-state index contributed by atoms with van der Waals surface area (Å²) in [5.74, 6) is -1.19. The van der Waals surface area contributed by atoms with Gasteiger partial charge >= 0.3 is 0 Å². The topological polar surface area (TPSA) is 73.2 Å². The number of carboxylic acids is 1. The smallest absolute Gasteiger partial charge is 0.103 e. The van der Waals surface area contributed by atoms with Gasteiger partial charge in [0.05, 0.1) is 25.6 Å². The van der Waals surface area contributed by atoms with Crippen LogP contribution in [0.15, 0.2) is 42.5 Å². The molecule has 0 atom stereocenters. The number of H-pyrrole nitrogens is 1.